The van der Waals surface area contributed by atoms with Gasteiger partial charge in [-0.15, -0.1) is 0 Å². The molecule has 0 radical (unpaired) electrons. The van der Waals surface area contributed by atoms with Gasteiger partial charge >= 0.3 is 0 Å². The molecule has 0 N–H and O–H groups in total. The maximum absolute atomic E-state index is 12.3. The van der Waals surface area contributed by atoms with Gasteiger partial charge in [0, 0.05) is 67.8 Å². The van der Waals surface area contributed by atoms with E-state index in [-0.39, 0.29) is 5.91 Å². The monoisotopic (exact) mass is 334 g/mol. The van der Waals surface area contributed by atoms with E-state index in [9.17, 15) is 4.79 Å². The second kappa shape index (κ2) is 6.43. The normalized spacial score (nSPS) is 14.4. The van der Waals surface area contributed by atoms with Crippen LogP contribution in [0.1, 0.15) is 16.2 Å². The van der Waals surface area contributed by atoms with Gasteiger partial charge in [0.15, 0.2) is 0 Å². The number of likely N-dealkylation sites (tertiary alicyclic amines) is 1. The first-order valence-electron chi connectivity index (χ1n) is 8.20. The summed E-state index contributed by atoms with van der Waals surface area (Å²) in [6.45, 7) is 4.35. The first kappa shape index (κ1) is 15.4. The molecule has 25 heavy (non-hydrogen) atoms. The van der Waals surface area contributed by atoms with Crippen molar-refractivity contribution in [2.75, 3.05) is 13.1 Å². The molecule has 4 rings (SSSR count). The number of rotatable bonds is 4. The van der Waals surface area contributed by atoms with Gasteiger partial charge in [0.25, 0.3) is 5.91 Å². The van der Waals surface area contributed by atoms with Gasteiger partial charge in [-0.05, 0) is 19.1 Å². The second-order valence-electron chi connectivity index (χ2n) is 6.24. The number of nitrogens with zero attached hydrogens (tertiary/aromatic N) is 6. The zero-order valence-corrected chi connectivity index (χ0v) is 13.9. The maximum Gasteiger partial charge on any atom is 0.274 e. The van der Waals surface area contributed by atoms with Gasteiger partial charge in [0.1, 0.15) is 11.5 Å². The summed E-state index contributed by atoms with van der Waals surface area (Å²) in [5.74, 6) is 1.30. The van der Waals surface area contributed by atoms with Gasteiger partial charge in [0.2, 0.25) is 0 Å². The maximum atomic E-state index is 12.3. The molecule has 0 saturated carbocycles. The number of imidazole rings is 1. The van der Waals surface area contributed by atoms with Crippen LogP contribution in [0, 0.1) is 12.8 Å². The molecule has 1 saturated heterocycles. The van der Waals surface area contributed by atoms with Gasteiger partial charge in [-0.1, -0.05) is 0 Å². The van der Waals surface area contributed by atoms with E-state index >= 15 is 0 Å². The lowest BCUT2D eigenvalue weighted by Gasteiger charge is -2.39. The first-order valence-corrected chi connectivity index (χ1v) is 8.20. The van der Waals surface area contributed by atoms with Crippen molar-refractivity contribution in [3.05, 3.63) is 60.7 Å². The minimum absolute atomic E-state index is 0.0546. The highest BCUT2D eigenvalue weighted by Gasteiger charge is 2.32. The summed E-state index contributed by atoms with van der Waals surface area (Å²) < 4.78 is 2.21. The van der Waals surface area contributed by atoms with Crippen molar-refractivity contribution < 1.29 is 4.79 Å². The summed E-state index contributed by atoms with van der Waals surface area (Å²) in [7, 11) is 0. The average molecular weight is 334 g/mol. The summed E-state index contributed by atoms with van der Waals surface area (Å²) >= 11 is 0. The molecule has 0 aliphatic carbocycles. The molecule has 3 aromatic rings. The highest BCUT2D eigenvalue weighted by atomic mass is 16.2. The highest BCUT2D eigenvalue weighted by molar-refractivity contribution is 5.92. The van der Waals surface area contributed by atoms with E-state index in [2.05, 4.69) is 31.4 Å². The van der Waals surface area contributed by atoms with Crippen molar-refractivity contribution in [3.8, 4) is 11.4 Å². The Morgan fingerprint density at radius 3 is 2.60 bits per heavy atom. The van der Waals surface area contributed by atoms with Crippen LogP contribution in [0.15, 0.2) is 49.3 Å². The molecule has 1 aliphatic rings. The zero-order valence-electron chi connectivity index (χ0n) is 13.9. The van der Waals surface area contributed by atoms with E-state index in [0.717, 1.165) is 36.7 Å². The molecule has 7 heteroatoms. The van der Waals surface area contributed by atoms with E-state index in [1.54, 1.807) is 24.8 Å². The third-order valence-electron chi connectivity index (χ3n) is 4.46. The Bertz CT molecular complexity index is 871. The third-order valence-corrected chi connectivity index (χ3v) is 4.46. The van der Waals surface area contributed by atoms with Gasteiger partial charge < -0.3 is 9.47 Å². The number of pyridine rings is 1. The number of carbonyl (C=O) groups is 1. The third kappa shape index (κ3) is 3.00. The Balaban J connectivity index is 1.44. The van der Waals surface area contributed by atoms with Crippen LogP contribution in [-0.4, -0.2) is 48.4 Å². The largest absolute Gasteiger partial charge is 0.336 e. The molecule has 7 nitrogen and oxygen atoms in total. The lowest BCUT2D eigenvalue weighted by atomic mass is 9.99. The highest BCUT2D eigenvalue weighted by Crippen LogP contribution is 2.24. The van der Waals surface area contributed by atoms with E-state index in [1.807, 2.05) is 23.2 Å². The molecule has 0 atom stereocenters. The van der Waals surface area contributed by atoms with Crippen molar-refractivity contribution in [1.82, 2.24) is 29.4 Å². The van der Waals surface area contributed by atoms with Crippen LogP contribution in [0.4, 0.5) is 0 Å². The fourth-order valence-corrected chi connectivity index (χ4v) is 3.10. The summed E-state index contributed by atoms with van der Waals surface area (Å²) in [4.78, 5) is 30.8. The van der Waals surface area contributed by atoms with E-state index < -0.39 is 0 Å². The van der Waals surface area contributed by atoms with Crippen molar-refractivity contribution in [2.24, 2.45) is 5.92 Å². The fraction of sp³-hybridized carbons (Fsp3) is 0.278. The number of amides is 1. The van der Waals surface area contributed by atoms with Crippen LogP contribution in [0.3, 0.4) is 0 Å². The Labute approximate surface area is 145 Å². The van der Waals surface area contributed by atoms with Gasteiger partial charge in [-0.25, -0.2) is 9.97 Å². The molecular formula is C18H18N6O. The molecular weight excluding hydrogens is 316 g/mol. The summed E-state index contributed by atoms with van der Waals surface area (Å²) in [5.41, 5.74) is 2.57. The van der Waals surface area contributed by atoms with Gasteiger partial charge in [0.05, 0.1) is 6.20 Å². The van der Waals surface area contributed by atoms with Crippen LogP contribution < -0.4 is 0 Å². The number of hydrogen-bond donors (Lipinski definition) is 0. The fourth-order valence-electron chi connectivity index (χ4n) is 3.10. The molecule has 126 valence electrons. The average Bonchev–Trinajstić information content (AvgIpc) is 2.99. The predicted molar refractivity (Wildman–Crippen MR) is 91.6 cm³/mol. The number of aryl methyl sites for hydroxylation is 1. The van der Waals surface area contributed by atoms with E-state index in [0.29, 0.717) is 11.6 Å². The Kier molecular flexibility index (Phi) is 3.97. The molecule has 0 unspecified atom stereocenters. The summed E-state index contributed by atoms with van der Waals surface area (Å²) in [5, 5.41) is 0. The smallest absolute Gasteiger partial charge is 0.274 e. The van der Waals surface area contributed by atoms with Crippen molar-refractivity contribution in [3.63, 3.8) is 0 Å². The van der Waals surface area contributed by atoms with Crippen LogP contribution in [0.2, 0.25) is 0 Å². The van der Waals surface area contributed by atoms with Crippen LogP contribution >= 0.6 is 0 Å². The molecule has 0 aromatic carbocycles. The minimum atomic E-state index is -0.0546. The minimum Gasteiger partial charge on any atom is -0.336 e. The predicted octanol–water partition coefficient (Wildman–Crippen LogP) is 1.82. The molecule has 1 fully saturated rings. The van der Waals surface area contributed by atoms with E-state index in [1.165, 1.54) is 6.20 Å². The standard InChI is InChI=1S/C18H18N6O/c1-13-8-22-17(15-2-4-19-5-3-15)24(13)12-14-10-23(11-14)18(25)16-9-20-6-7-21-16/h2-9,14H,10-12H2,1H3. The molecule has 3 aromatic heterocycles. The van der Waals surface area contributed by atoms with Crippen LogP contribution in [-0.2, 0) is 6.54 Å². The lowest BCUT2D eigenvalue weighted by Crippen LogP contribution is -2.51. The topological polar surface area (TPSA) is 76.8 Å². The van der Waals surface area contributed by atoms with Crippen LogP contribution in [0.25, 0.3) is 11.4 Å². The first-order chi connectivity index (χ1) is 12.2. The zero-order chi connectivity index (χ0) is 17.2. The van der Waals surface area contributed by atoms with Gasteiger partial charge in [-0.2, -0.15) is 0 Å². The molecule has 1 aliphatic heterocycles. The summed E-state index contributed by atoms with van der Waals surface area (Å²) in [6, 6.07) is 3.92. The number of aromatic nitrogens is 5. The van der Waals surface area contributed by atoms with Crippen molar-refractivity contribution >= 4 is 5.91 Å². The van der Waals surface area contributed by atoms with E-state index in [4.69, 9.17) is 0 Å². The Morgan fingerprint density at radius 1 is 1.08 bits per heavy atom. The Morgan fingerprint density at radius 2 is 1.88 bits per heavy atom. The Hall–Kier alpha value is -3.09. The molecule has 1 amide bonds. The van der Waals surface area contributed by atoms with Crippen molar-refractivity contribution in [2.45, 2.75) is 13.5 Å². The lowest BCUT2D eigenvalue weighted by molar-refractivity contribution is 0.0462. The quantitative estimate of drug-likeness (QED) is 0.727. The number of hydrogen-bond acceptors (Lipinski definition) is 5. The van der Waals surface area contributed by atoms with Gasteiger partial charge in [-0.3, -0.25) is 14.8 Å². The summed E-state index contributed by atoms with van der Waals surface area (Å²) in [6.07, 6.45) is 10.1. The van der Waals surface area contributed by atoms with Crippen molar-refractivity contribution in [1.29, 1.82) is 0 Å². The SMILES string of the molecule is Cc1cnc(-c2ccncc2)n1CC1CN(C(=O)c2cnccn2)C1. The molecule has 0 spiro atoms. The van der Waals surface area contributed by atoms with Crippen LogP contribution in [0.5, 0.6) is 0 Å². The second-order valence-corrected chi connectivity index (χ2v) is 6.24. The molecule has 4 heterocycles. The number of carbonyl (C=O) groups excluding carboxylic acids is 1. The molecule has 0 bridgehead atoms.